The Bertz CT molecular complexity index is 241. The van der Waals surface area contributed by atoms with Gasteiger partial charge in [-0.2, -0.15) is 0 Å². The highest BCUT2D eigenvalue weighted by molar-refractivity contribution is 5.82. The highest BCUT2D eigenvalue weighted by Crippen LogP contribution is 2.01. The molecule has 0 aromatic carbocycles. The molecule has 0 aromatic rings. The fourth-order valence-electron chi connectivity index (χ4n) is 1.44. The number of carboxylic acid groups (broad SMARTS) is 1. The minimum absolute atomic E-state index is 0.0725. The summed E-state index contributed by atoms with van der Waals surface area (Å²) < 4.78 is 0. The molecular formula is C11H22N2O3. The molecule has 1 unspecified atom stereocenters. The third-order valence-corrected chi connectivity index (χ3v) is 2.21. The second-order valence-electron chi connectivity index (χ2n) is 4.20. The average molecular weight is 230 g/mol. The molecule has 0 aliphatic heterocycles. The number of rotatable bonds is 7. The highest BCUT2D eigenvalue weighted by atomic mass is 16.4. The summed E-state index contributed by atoms with van der Waals surface area (Å²) in [5.74, 6) is -1.03. The lowest BCUT2D eigenvalue weighted by Crippen LogP contribution is -2.48. The van der Waals surface area contributed by atoms with E-state index in [0.29, 0.717) is 6.54 Å². The molecular weight excluding hydrogens is 208 g/mol. The van der Waals surface area contributed by atoms with Crippen LogP contribution in [0.1, 0.15) is 34.1 Å². The summed E-state index contributed by atoms with van der Waals surface area (Å²) in [5, 5.41) is 11.5. The lowest BCUT2D eigenvalue weighted by atomic mass is 10.2. The van der Waals surface area contributed by atoms with Gasteiger partial charge in [-0.3, -0.25) is 14.5 Å². The maximum Gasteiger partial charge on any atom is 0.317 e. The molecule has 16 heavy (non-hydrogen) atoms. The molecule has 94 valence electrons. The van der Waals surface area contributed by atoms with Gasteiger partial charge in [0.05, 0.1) is 12.6 Å². The molecule has 5 heteroatoms. The van der Waals surface area contributed by atoms with E-state index in [2.05, 4.69) is 5.32 Å². The normalized spacial score (nSPS) is 12.9. The number of carbonyl (C=O) groups excluding carboxylic acids is 1. The molecule has 0 aliphatic carbocycles. The third kappa shape index (κ3) is 5.70. The van der Waals surface area contributed by atoms with Crippen molar-refractivity contribution in [2.24, 2.45) is 0 Å². The molecule has 0 bridgehead atoms. The Kier molecular flexibility index (Phi) is 6.72. The zero-order valence-electron chi connectivity index (χ0n) is 10.5. The number of nitrogens with zero attached hydrogens (tertiary/aromatic N) is 1. The van der Waals surface area contributed by atoms with Crippen LogP contribution in [0.2, 0.25) is 0 Å². The lowest BCUT2D eigenvalue weighted by Gasteiger charge is -2.26. The van der Waals surface area contributed by atoms with Crippen LogP contribution in [0, 0.1) is 0 Å². The van der Waals surface area contributed by atoms with Crippen molar-refractivity contribution >= 4 is 11.9 Å². The van der Waals surface area contributed by atoms with Crippen LogP contribution in [-0.4, -0.2) is 47.1 Å². The predicted octanol–water partition coefficient (Wildman–Crippen LogP) is 0.696. The van der Waals surface area contributed by atoms with Gasteiger partial charge < -0.3 is 10.4 Å². The van der Waals surface area contributed by atoms with Crippen LogP contribution in [0.25, 0.3) is 0 Å². The zero-order chi connectivity index (χ0) is 12.7. The maximum absolute atomic E-state index is 11.7. The van der Waals surface area contributed by atoms with E-state index in [1.807, 2.05) is 20.8 Å². The Morgan fingerprint density at radius 2 is 1.88 bits per heavy atom. The number of nitrogens with one attached hydrogen (secondary N) is 1. The predicted molar refractivity (Wildman–Crippen MR) is 62.2 cm³/mol. The first-order valence-electron chi connectivity index (χ1n) is 5.64. The molecule has 0 fully saturated rings. The van der Waals surface area contributed by atoms with E-state index in [-0.39, 0.29) is 18.5 Å². The van der Waals surface area contributed by atoms with E-state index in [0.717, 1.165) is 6.42 Å². The van der Waals surface area contributed by atoms with Crippen LogP contribution in [0.3, 0.4) is 0 Å². The van der Waals surface area contributed by atoms with Gasteiger partial charge in [-0.25, -0.2) is 0 Å². The summed E-state index contributed by atoms with van der Waals surface area (Å²) in [7, 11) is 0. The topological polar surface area (TPSA) is 69.6 Å². The molecule has 0 aliphatic rings. The first-order valence-corrected chi connectivity index (χ1v) is 5.64. The smallest absolute Gasteiger partial charge is 0.317 e. The number of amides is 1. The quantitative estimate of drug-likeness (QED) is 0.675. The summed E-state index contributed by atoms with van der Waals surface area (Å²) in [5.41, 5.74) is 0. The molecule has 2 N–H and O–H groups in total. The Labute approximate surface area is 96.8 Å². The molecule has 0 rings (SSSR count). The summed E-state index contributed by atoms with van der Waals surface area (Å²) in [6.45, 7) is 7.97. The van der Waals surface area contributed by atoms with Gasteiger partial charge >= 0.3 is 5.97 Å². The van der Waals surface area contributed by atoms with Crippen LogP contribution < -0.4 is 5.32 Å². The summed E-state index contributed by atoms with van der Waals surface area (Å²) in [6.07, 6.45) is 0.826. The minimum Gasteiger partial charge on any atom is -0.480 e. The van der Waals surface area contributed by atoms with Crippen molar-refractivity contribution in [3.63, 3.8) is 0 Å². The minimum atomic E-state index is -0.905. The standard InChI is InChI=1S/C11H22N2O3/c1-5-6-13(7-10(14)15)9(4)11(16)12-8(2)3/h8-9H,5-7H2,1-4H3,(H,12,16)(H,14,15). The van der Waals surface area contributed by atoms with Gasteiger partial charge in [0.15, 0.2) is 0 Å². The van der Waals surface area contributed by atoms with Crippen molar-refractivity contribution in [1.82, 2.24) is 10.2 Å². The Morgan fingerprint density at radius 1 is 1.31 bits per heavy atom. The summed E-state index contributed by atoms with van der Waals surface area (Å²) in [4.78, 5) is 24.0. The molecule has 0 saturated carbocycles. The molecule has 1 amide bonds. The fourth-order valence-corrected chi connectivity index (χ4v) is 1.44. The molecule has 0 spiro atoms. The lowest BCUT2D eigenvalue weighted by molar-refractivity contribution is -0.139. The van der Waals surface area contributed by atoms with E-state index < -0.39 is 12.0 Å². The van der Waals surface area contributed by atoms with Gasteiger partial charge in [0.25, 0.3) is 0 Å². The summed E-state index contributed by atoms with van der Waals surface area (Å²) >= 11 is 0. The Hall–Kier alpha value is -1.10. The molecule has 0 aromatic heterocycles. The van der Waals surface area contributed by atoms with Gasteiger partial charge in [0.2, 0.25) is 5.91 Å². The third-order valence-electron chi connectivity index (χ3n) is 2.21. The Balaban J connectivity index is 4.40. The van der Waals surface area contributed by atoms with Crippen molar-refractivity contribution in [3.05, 3.63) is 0 Å². The van der Waals surface area contributed by atoms with Crippen LogP contribution in [0.5, 0.6) is 0 Å². The fraction of sp³-hybridized carbons (Fsp3) is 0.818. The zero-order valence-corrected chi connectivity index (χ0v) is 10.5. The van der Waals surface area contributed by atoms with Gasteiger partial charge in [0, 0.05) is 6.04 Å². The van der Waals surface area contributed by atoms with Crippen LogP contribution in [0.15, 0.2) is 0 Å². The maximum atomic E-state index is 11.7. The number of hydrogen-bond acceptors (Lipinski definition) is 3. The van der Waals surface area contributed by atoms with Crippen molar-refractivity contribution in [2.75, 3.05) is 13.1 Å². The molecule has 1 atom stereocenters. The van der Waals surface area contributed by atoms with Gasteiger partial charge in [0.1, 0.15) is 0 Å². The number of aliphatic carboxylic acids is 1. The van der Waals surface area contributed by atoms with Gasteiger partial charge in [-0.15, -0.1) is 0 Å². The van der Waals surface area contributed by atoms with Crippen LogP contribution in [0.4, 0.5) is 0 Å². The van der Waals surface area contributed by atoms with E-state index in [1.165, 1.54) is 0 Å². The number of carbonyl (C=O) groups is 2. The van der Waals surface area contributed by atoms with Crippen molar-refractivity contribution < 1.29 is 14.7 Å². The first-order chi connectivity index (χ1) is 7.38. The van der Waals surface area contributed by atoms with Gasteiger partial charge in [-0.1, -0.05) is 6.92 Å². The average Bonchev–Trinajstić information content (AvgIpc) is 2.14. The molecule has 0 heterocycles. The molecule has 0 saturated heterocycles. The van der Waals surface area contributed by atoms with Crippen molar-refractivity contribution in [3.8, 4) is 0 Å². The van der Waals surface area contributed by atoms with E-state index >= 15 is 0 Å². The van der Waals surface area contributed by atoms with Crippen molar-refractivity contribution in [1.29, 1.82) is 0 Å². The van der Waals surface area contributed by atoms with E-state index in [1.54, 1.807) is 11.8 Å². The van der Waals surface area contributed by atoms with E-state index in [9.17, 15) is 9.59 Å². The largest absolute Gasteiger partial charge is 0.480 e. The van der Waals surface area contributed by atoms with Gasteiger partial charge in [-0.05, 0) is 33.7 Å². The first kappa shape index (κ1) is 14.9. The Morgan fingerprint density at radius 3 is 2.25 bits per heavy atom. The SMILES string of the molecule is CCCN(CC(=O)O)C(C)C(=O)NC(C)C. The second kappa shape index (κ2) is 7.22. The van der Waals surface area contributed by atoms with E-state index in [4.69, 9.17) is 5.11 Å². The van der Waals surface area contributed by atoms with Crippen LogP contribution >= 0.6 is 0 Å². The molecule has 5 nitrogen and oxygen atoms in total. The van der Waals surface area contributed by atoms with Crippen LogP contribution in [-0.2, 0) is 9.59 Å². The second-order valence-corrected chi connectivity index (χ2v) is 4.20. The monoisotopic (exact) mass is 230 g/mol. The highest BCUT2D eigenvalue weighted by Gasteiger charge is 2.22. The number of carboxylic acids is 1. The summed E-state index contributed by atoms with van der Waals surface area (Å²) in [6, 6.07) is -0.332. The van der Waals surface area contributed by atoms with Crippen molar-refractivity contribution in [2.45, 2.75) is 46.2 Å². The number of hydrogen-bond donors (Lipinski definition) is 2. The molecule has 0 radical (unpaired) electrons.